The Kier molecular flexibility index (Phi) is 4.84. The number of nitrogens with zero attached hydrogens (tertiary/aromatic N) is 1. The van der Waals surface area contributed by atoms with Crippen LogP contribution >= 0.6 is 39.0 Å². The number of benzene rings is 1. The molecule has 1 aliphatic heterocycles. The maximum absolute atomic E-state index is 13.1. The van der Waals surface area contributed by atoms with E-state index < -0.39 is 0 Å². The number of hydrogen-bond acceptors (Lipinski definition) is 5. The Labute approximate surface area is 166 Å². The quantitative estimate of drug-likeness (QED) is 0.498. The number of carbonyl (C=O) groups excluding carboxylic acids is 2. The van der Waals surface area contributed by atoms with Crippen molar-refractivity contribution in [2.75, 3.05) is 4.90 Å². The van der Waals surface area contributed by atoms with E-state index in [0.29, 0.717) is 21.9 Å². The monoisotopic (exact) mass is 445 g/mol. The van der Waals surface area contributed by atoms with Crippen LogP contribution in [0.1, 0.15) is 10.6 Å². The average Bonchev–Trinajstić information content (AvgIpc) is 3.36. The number of amides is 2. The lowest BCUT2D eigenvalue weighted by atomic mass is 10.2. The van der Waals surface area contributed by atoms with Crippen molar-refractivity contribution in [1.82, 2.24) is 0 Å². The Bertz CT molecular complexity index is 976. The van der Waals surface area contributed by atoms with Gasteiger partial charge in [0.15, 0.2) is 0 Å². The summed E-state index contributed by atoms with van der Waals surface area (Å²) in [6.07, 6.45) is 1.60. The second-order valence-corrected chi connectivity index (χ2v) is 8.32. The summed E-state index contributed by atoms with van der Waals surface area (Å²) >= 11 is 6.16. The van der Waals surface area contributed by atoms with Gasteiger partial charge in [0.1, 0.15) is 5.76 Å². The summed E-state index contributed by atoms with van der Waals surface area (Å²) in [6.45, 7) is 0. The molecule has 3 aromatic rings. The van der Waals surface area contributed by atoms with E-state index in [1.54, 1.807) is 24.5 Å². The van der Waals surface area contributed by atoms with Crippen LogP contribution in [0, 0.1) is 0 Å². The average molecular weight is 446 g/mol. The van der Waals surface area contributed by atoms with E-state index in [2.05, 4.69) is 15.9 Å². The fourth-order valence-electron chi connectivity index (χ4n) is 2.64. The molecule has 130 valence electrons. The molecule has 0 fully saturated rings. The van der Waals surface area contributed by atoms with Crippen LogP contribution < -0.4 is 4.90 Å². The largest absolute Gasteiger partial charge is 0.468 e. The molecule has 0 saturated carbocycles. The minimum absolute atomic E-state index is 0.290. The van der Waals surface area contributed by atoms with E-state index in [-0.39, 0.29) is 11.8 Å². The third kappa shape index (κ3) is 3.18. The Hall–Kier alpha value is -2.09. The number of anilines is 1. The summed E-state index contributed by atoms with van der Waals surface area (Å²) in [5.41, 5.74) is 1.02. The summed E-state index contributed by atoms with van der Waals surface area (Å²) in [5, 5.41) is 1.90. The van der Waals surface area contributed by atoms with Gasteiger partial charge in [-0.1, -0.05) is 22.0 Å². The van der Waals surface area contributed by atoms with Crippen LogP contribution in [-0.4, -0.2) is 11.8 Å². The van der Waals surface area contributed by atoms with Crippen molar-refractivity contribution in [2.24, 2.45) is 0 Å². The van der Waals surface area contributed by atoms with Crippen LogP contribution in [-0.2, 0) is 15.3 Å². The highest BCUT2D eigenvalue weighted by atomic mass is 79.9. The predicted octanol–water partition coefficient (Wildman–Crippen LogP) is 5.32. The maximum atomic E-state index is 13.1. The van der Waals surface area contributed by atoms with E-state index >= 15 is 0 Å². The van der Waals surface area contributed by atoms with Crippen LogP contribution in [0.5, 0.6) is 0 Å². The third-order valence-corrected chi connectivity index (χ3v) is 6.34. The zero-order valence-corrected chi connectivity index (χ0v) is 16.6. The first-order chi connectivity index (χ1) is 12.6. The van der Waals surface area contributed by atoms with Crippen LogP contribution in [0.15, 0.2) is 74.0 Å². The van der Waals surface area contributed by atoms with E-state index in [1.165, 1.54) is 28.0 Å². The molecule has 0 N–H and O–H groups in total. The first-order valence-corrected chi connectivity index (χ1v) is 10.4. The summed E-state index contributed by atoms with van der Waals surface area (Å²) in [7, 11) is 0. The van der Waals surface area contributed by atoms with Gasteiger partial charge in [0.05, 0.1) is 28.2 Å². The molecule has 2 aromatic heterocycles. The Morgan fingerprint density at radius 2 is 1.85 bits per heavy atom. The normalized spacial score (nSPS) is 14.6. The number of thiophene rings is 1. The van der Waals surface area contributed by atoms with Gasteiger partial charge in [-0.3, -0.25) is 9.59 Å². The molecule has 26 heavy (non-hydrogen) atoms. The molecule has 1 aromatic carbocycles. The van der Waals surface area contributed by atoms with Gasteiger partial charge in [0, 0.05) is 9.35 Å². The van der Waals surface area contributed by atoms with Crippen molar-refractivity contribution in [3.8, 4) is 0 Å². The smallest absolute Gasteiger partial charge is 0.272 e. The van der Waals surface area contributed by atoms with Crippen LogP contribution in [0.3, 0.4) is 0 Å². The lowest BCUT2D eigenvalue weighted by Crippen LogP contribution is -2.31. The maximum Gasteiger partial charge on any atom is 0.272 e. The standard InChI is InChI=1S/C19H12BrNO3S2/c20-12-5-7-13(8-6-12)21-18(22)16(15-4-2-10-25-15)17(19(21)23)26-11-14-3-1-9-24-14/h1-10H,11H2. The van der Waals surface area contributed by atoms with Gasteiger partial charge < -0.3 is 4.42 Å². The van der Waals surface area contributed by atoms with Crippen molar-refractivity contribution in [2.45, 2.75) is 5.75 Å². The summed E-state index contributed by atoms with van der Waals surface area (Å²) in [4.78, 5) is 28.6. The van der Waals surface area contributed by atoms with Crippen molar-refractivity contribution in [1.29, 1.82) is 0 Å². The number of carbonyl (C=O) groups is 2. The van der Waals surface area contributed by atoms with Gasteiger partial charge >= 0.3 is 0 Å². The van der Waals surface area contributed by atoms with Crippen molar-refractivity contribution < 1.29 is 14.0 Å². The second-order valence-electron chi connectivity index (χ2n) is 5.47. The zero-order chi connectivity index (χ0) is 18.1. The molecular weight excluding hydrogens is 434 g/mol. The molecule has 7 heteroatoms. The van der Waals surface area contributed by atoms with Crippen molar-refractivity contribution in [3.63, 3.8) is 0 Å². The van der Waals surface area contributed by atoms with Crippen molar-refractivity contribution in [3.05, 3.63) is 80.2 Å². The molecule has 0 unspecified atom stereocenters. The number of halogens is 1. The topological polar surface area (TPSA) is 50.5 Å². The van der Waals surface area contributed by atoms with Gasteiger partial charge in [-0.15, -0.1) is 23.1 Å². The number of thioether (sulfide) groups is 1. The van der Waals surface area contributed by atoms with Gasteiger partial charge in [-0.25, -0.2) is 4.90 Å². The van der Waals surface area contributed by atoms with E-state index in [1.807, 2.05) is 35.7 Å². The molecule has 0 aliphatic carbocycles. The highest BCUT2D eigenvalue weighted by molar-refractivity contribution is 9.10. The fourth-order valence-corrected chi connectivity index (χ4v) is 4.75. The number of hydrogen-bond donors (Lipinski definition) is 0. The van der Waals surface area contributed by atoms with Crippen LogP contribution in [0.4, 0.5) is 5.69 Å². The minimum atomic E-state index is -0.294. The minimum Gasteiger partial charge on any atom is -0.468 e. The first-order valence-electron chi connectivity index (χ1n) is 7.73. The summed E-state index contributed by atoms with van der Waals surface area (Å²) < 4.78 is 6.24. The van der Waals surface area contributed by atoms with E-state index in [9.17, 15) is 9.59 Å². The molecule has 0 spiro atoms. The van der Waals surface area contributed by atoms with Gasteiger partial charge in [-0.05, 0) is 47.8 Å². The number of furan rings is 1. The lowest BCUT2D eigenvalue weighted by Gasteiger charge is -2.15. The number of rotatable bonds is 5. The summed E-state index contributed by atoms with van der Waals surface area (Å²) in [6, 6.07) is 14.5. The molecule has 0 radical (unpaired) electrons. The SMILES string of the molecule is O=C1C(SCc2ccco2)=C(c2cccs2)C(=O)N1c1ccc(Br)cc1. The van der Waals surface area contributed by atoms with E-state index in [4.69, 9.17) is 4.42 Å². The van der Waals surface area contributed by atoms with E-state index in [0.717, 1.165) is 15.1 Å². The van der Waals surface area contributed by atoms with Crippen LogP contribution in [0.2, 0.25) is 0 Å². The van der Waals surface area contributed by atoms with Crippen LogP contribution in [0.25, 0.3) is 5.57 Å². The Balaban J connectivity index is 1.71. The molecule has 2 amide bonds. The van der Waals surface area contributed by atoms with Gasteiger partial charge in [0.2, 0.25) is 0 Å². The summed E-state index contributed by atoms with van der Waals surface area (Å²) in [5.74, 6) is 0.666. The zero-order valence-electron chi connectivity index (χ0n) is 13.3. The Morgan fingerprint density at radius 3 is 2.50 bits per heavy atom. The predicted molar refractivity (Wildman–Crippen MR) is 108 cm³/mol. The van der Waals surface area contributed by atoms with Crippen molar-refractivity contribution >= 4 is 62.1 Å². The lowest BCUT2D eigenvalue weighted by molar-refractivity contribution is -0.119. The second kappa shape index (κ2) is 7.26. The van der Waals surface area contributed by atoms with Gasteiger partial charge in [0.25, 0.3) is 11.8 Å². The Morgan fingerprint density at radius 1 is 1.04 bits per heavy atom. The highest BCUT2D eigenvalue weighted by Gasteiger charge is 2.40. The molecule has 0 bridgehead atoms. The molecule has 0 atom stereocenters. The first kappa shape index (κ1) is 17.3. The molecular formula is C19H12BrNO3S2. The molecule has 1 aliphatic rings. The molecule has 4 nitrogen and oxygen atoms in total. The molecule has 3 heterocycles. The fraction of sp³-hybridized carbons (Fsp3) is 0.0526. The van der Waals surface area contributed by atoms with Gasteiger partial charge in [-0.2, -0.15) is 0 Å². The third-order valence-electron chi connectivity index (χ3n) is 3.83. The molecule has 0 saturated heterocycles. The highest BCUT2D eigenvalue weighted by Crippen LogP contribution is 2.40. The molecule has 4 rings (SSSR count). The number of imide groups is 1.